The number of phenols is 1. The van der Waals surface area contributed by atoms with Crippen molar-refractivity contribution in [1.82, 2.24) is 10.2 Å². The van der Waals surface area contributed by atoms with Gasteiger partial charge in [-0.1, -0.05) is 30.3 Å². The Morgan fingerprint density at radius 1 is 1.10 bits per heavy atom. The van der Waals surface area contributed by atoms with Gasteiger partial charge in [-0.25, -0.2) is 0 Å². The fourth-order valence-electron chi connectivity index (χ4n) is 4.54. The largest absolute Gasteiger partial charge is 0.508 e. The van der Waals surface area contributed by atoms with Gasteiger partial charge in [0.25, 0.3) is 5.91 Å². The summed E-state index contributed by atoms with van der Waals surface area (Å²) in [4.78, 5) is 15.0. The Hall–Kier alpha value is -2.87. The van der Waals surface area contributed by atoms with Crippen molar-refractivity contribution >= 4 is 16.9 Å². The lowest BCUT2D eigenvalue weighted by atomic mass is 9.98. The van der Waals surface area contributed by atoms with E-state index in [1.165, 1.54) is 0 Å². The van der Waals surface area contributed by atoms with Crippen LogP contribution in [0.2, 0.25) is 0 Å². The first kappa shape index (κ1) is 21.4. The molecule has 0 saturated carbocycles. The lowest BCUT2D eigenvalue weighted by Gasteiger charge is -2.16. The van der Waals surface area contributed by atoms with Crippen LogP contribution in [0, 0.1) is 11.8 Å². The van der Waals surface area contributed by atoms with E-state index in [2.05, 4.69) is 10.2 Å². The van der Waals surface area contributed by atoms with E-state index in [0.717, 1.165) is 5.56 Å². The highest BCUT2D eigenvalue weighted by molar-refractivity contribution is 6.12. The molecule has 7 nitrogen and oxygen atoms in total. The number of hydrogen-bond acceptors (Lipinski definition) is 6. The molecule has 1 amide bonds. The lowest BCUT2D eigenvalue weighted by Crippen LogP contribution is -2.24. The van der Waals surface area contributed by atoms with Crippen LogP contribution in [0.25, 0.3) is 22.3 Å². The van der Waals surface area contributed by atoms with Crippen LogP contribution in [0.1, 0.15) is 15.9 Å². The van der Waals surface area contributed by atoms with Gasteiger partial charge in [-0.2, -0.15) is 0 Å². The molecule has 164 valence electrons. The third-order valence-electron chi connectivity index (χ3n) is 6.23. The van der Waals surface area contributed by atoms with Gasteiger partial charge in [0.05, 0.1) is 5.56 Å². The van der Waals surface area contributed by atoms with Gasteiger partial charge in [0.15, 0.2) is 0 Å². The van der Waals surface area contributed by atoms with Gasteiger partial charge < -0.3 is 30.0 Å². The maximum absolute atomic E-state index is 12.9. The van der Waals surface area contributed by atoms with E-state index in [-0.39, 0.29) is 36.7 Å². The second-order valence-electron chi connectivity index (χ2n) is 8.08. The number of aromatic hydroxyl groups is 1. The molecule has 4 rings (SSSR count). The van der Waals surface area contributed by atoms with Crippen LogP contribution in [0.3, 0.4) is 0 Å². The van der Waals surface area contributed by atoms with Crippen molar-refractivity contribution in [3.63, 3.8) is 0 Å². The summed E-state index contributed by atoms with van der Waals surface area (Å²) < 4.78 is 6.09. The third kappa shape index (κ3) is 4.04. The van der Waals surface area contributed by atoms with Crippen molar-refractivity contribution < 1.29 is 24.5 Å². The van der Waals surface area contributed by atoms with Crippen molar-refractivity contribution in [2.24, 2.45) is 11.8 Å². The molecule has 0 spiro atoms. The highest BCUT2D eigenvalue weighted by Gasteiger charge is 2.32. The maximum Gasteiger partial charge on any atom is 0.255 e. The predicted molar refractivity (Wildman–Crippen MR) is 118 cm³/mol. The van der Waals surface area contributed by atoms with E-state index in [4.69, 9.17) is 4.42 Å². The number of furan rings is 1. The molecule has 0 aliphatic carbocycles. The quantitative estimate of drug-likeness (QED) is 0.464. The van der Waals surface area contributed by atoms with E-state index < -0.39 is 0 Å². The summed E-state index contributed by atoms with van der Waals surface area (Å²) in [5.74, 6) is 0.425. The minimum absolute atomic E-state index is 0.0472. The number of benzene rings is 2. The number of amides is 1. The van der Waals surface area contributed by atoms with Gasteiger partial charge in [0.2, 0.25) is 0 Å². The first-order valence-electron chi connectivity index (χ1n) is 10.6. The zero-order chi connectivity index (χ0) is 22.0. The number of likely N-dealkylation sites (tertiary alicyclic amines) is 1. The highest BCUT2D eigenvalue weighted by atomic mass is 16.3. The summed E-state index contributed by atoms with van der Waals surface area (Å²) in [6, 6.07) is 12.7. The predicted octanol–water partition coefficient (Wildman–Crippen LogP) is 2.24. The molecule has 2 heterocycles. The fourth-order valence-corrected chi connectivity index (χ4v) is 4.54. The molecule has 1 aliphatic rings. The minimum atomic E-state index is -0.272. The third-order valence-corrected chi connectivity index (χ3v) is 6.23. The van der Waals surface area contributed by atoms with Crippen LogP contribution in [0.5, 0.6) is 5.75 Å². The first-order chi connectivity index (χ1) is 15.1. The van der Waals surface area contributed by atoms with E-state index >= 15 is 0 Å². The van der Waals surface area contributed by atoms with Crippen LogP contribution >= 0.6 is 0 Å². The molecule has 1 saturated heterocycles. The Labute approximate surface area is 180 Å². The van der Waals surface area contributed by atoms with E-state index in [9.17, 15) is 20.1 Å². The molecular formula is C24H28N2O5. The van der Waals surface area contributed by atoms with Crippen molar-refractivity contribution in [2.75, 3.05) is 39.9 Å². The summed E-state index contributed by atoms with van der Waals surface area (Å²) in [5.41, 5.74) is 2.42. The number of fused-ring (bicyclic) bond motifs is 1. The Bertz CT molecular complexity index is 1050. The second-order valence-corrected chi connectivity index (χ2v) is 8.08. The summed E-state index contributed by atoms with van der Waals surface area (Å²) in [6.07, 6.45) is 0.511. The van der Waals surface area contributed by atoms with E-state index in [0.29, 0.717) is 53.9 Å². The van der Waals surface area contributed by atoms with Crippen LogP contribution in [0.4, 0.5) is 0 Å². The summed E-state index contributed by atoms with van der Waals surface area (Å²) in [5, 5.41) is 33.1. The molecule has 31 heavy (non-hydrogen) atoms. The molecule has 0 bridgehead atoms. The van der Waals surface area contributed by atoms with Gasteiger partial charge in [0.1, 0.15) is 17.1 Å². The number of hydrogen-bond donors (Lipinski definition) is 4. The van der Waals surface area contributed by atoms with Crippen LogP contribution in [0.15, 0.2) is 46.9 Å². The summed E-state index contributed by atoms with van der Waals surface area (Å²) in [6.45, 7) is 2.12. The molecule has 1 aromatic heterocycles. The Morgan fingerprint density at radius 3 is 2.39 bits per heavy atom. The molecule has 2 atom stereocenters. The molecule has 3 aromatic rings. The van der Waals surface area contributed by atoms with E-state index in [1.54, 1.807) is 19.2 Å². The number of carbonyl (C=O) groups excluding carboxylic acids is 1. The average molecular weight is 424 g/mol. The number of aliphatic hydroxyl groups is 2. The van der Waals surface area contributed by atoms with Gasteiger partial charge in [-0.05, 0) is 18.6 Å². The van der Waals surface area contributed by atoms with Crippen molar-refractivity contribution in [2.45, 2.75) is 6.42 Å². The number of nitrogens with one attached hydrogen (secondary N) is 1. The zero-order valence-electron chi connectivity index (χ0n) is 17.5. The van der Waals surface area contributed by atoms with Gasteiger partial charge in [-0.3, -0.25) is 4.79 Å². The number of carbonyl (C=O) groups is 1. The van der Waals surface area contributed by atoms with Crippen LogP contribution in [-0.2, 0) is 6.42 Å². The van der Waals surface area contributed by atoms with Crippen LogP contribution < -0.4 is 5.32 Å². The standard InChI is InChI=1S/C24H28N2O5/c1-25-24(30)22-21-18(9-10-26-11-16(13-27)17(12-26)14-28)19(29)7-8-20(21)31-23(22)15-5-3-2-4-6-15/h2-8,16-17,27-29H,9-14H2,1H3,(H,25,30). The average Bonchev–Trinajstić information content (AvgIpc) is 3.39. The molecule has 7 heteroatoms. The first-order valence-corrected chi connectivity index (χ1v) is 10.6. The van der Waals surface area contributed by atoms with Crippen molar-refractivity contribution in [3.05, 3.63) is 53.6 Å². The zero-order valence-corrected chi connectivity index (χ0v) is 17.5. The number of nitrogens with zero attached hydrogens (tertiary/aromatic N) is 1. The number of aliphatic hydroxyl groups excluding tert-OH is 2. The topological polar surface area (TPSA) is 106 Å². The lowest BCUT2D eigenvalue weighted by molar-refractivity contribution is 0.0964. The molecule has 0 radical (unpaired) electrons. The van der Waals surface area contributed by atoms with Crippen molar-refractivity contribution in [1.29, 1.82) is 0 Å². The molecular weight excluding hydrogens is 396 g/mol. The normalized spacial score (nSPS) is 19.2. The maximum atomic E-state index is 12.9. The minimum Gasteiger partial charge on any atom is -0.508 e. The molecule has 2 aromatic carbocycles. The van der Waals surface area contributed by atoms with Gasteiger partial charge in [-0.15, -0.1) is 0 Å². The Kier molecular flexibility index (Phi) is 6.27. The molecule has 1 fully saturated rings. The van der Waals surface area contributed by atoms with Gasteiger partial charge in [0, 0.05) is 68.2 Å². The number of rotatable bonds is 7. The Morgan fingerprint density at radius 2 is 1.77 bits per heavy atom. The Balaban J connectivity index is 1.73. The summed E-state index contributed by atoms with van der Waals surface area (Å²) in [7, 11) is 1.58. The monoisotopic (exact) mass is 424 g/mol. The summed E-state index contributed by atoms with van der Waals surface area (Å²) >= 11 is 0. The number of phenolic OH excluding ortho intramolecular Hbond substituents is 1. The van der Waals surface area contributed by atoms with Gasteiger partial charge >= 0.3 is 0 Å². The molecule has 4 N–H and O–H groups in total. The second kappa shape index (κ2) is 9.09. The van der Waals surface area contributed by atoms with Crippen molar-refractivity contribution in [3.8, 4) is 17.1 Å². The van der Waals surface area contributed by atoms with Crippen LogP contribution in [-0.4, -0.2) is 66.0 Å². The molecule has 1 aliphatic heterocycles. The molecule has 2 unspecified atom stereocenters. The smallest absolute Gasteiger partial charge is 0.255 e. The SMILES string of the molecule is CNC(=O)c1c(-c2ccccc2)oc2ccc(O)c(CCN3CC(CO)C(CO)C3)c12. The fraction of sp³-hybridized carbons (Fsp3) is 0.375. The van der Waals surface area contributed by atoms with E-state index in [1.807, 2.05) is 30.3 Å². The highest BCUT2D eigenvalue weighted by Crippen LogP contribution is 2.39.